The number of hydrogen-bond acceptors (Lipinski definition) is 5. The topological polar surface area (TPSA) is 81.7 Å². The molecule has 0 saturated heterocycles. The van der Waals surface area contributed by atoms with Crippen LogP contribution in [0.5, 0.6) is 5.75 Å². The Bertz CT molecular complexity index is 949. The zero-order chi connectivity index (χ0) is 21.7. The number of ether oxygens (including phenoxy) is 2. The van der Waals surface area contributed by atoms with Gasteiger partial charge in [-0.2, -0.15) is 0 Å². The first-order valence-electron chi connectivity index (χ1n) is 8.30. The fraction of sp³-hybridized carbons (Fsp3) is 0.278. The number of halogens is 4. The molecule has 0 saturated carbocycles. The zero-order valence-corrected chi connectivity index (χ0v) is 16.6. The number of rotatable bonds is 8. The van der Waals surface area contributed by atoms with Crippen LogP contribution in [0, 0.1) is 0 Å². The number of alkyl halides is 3. The van der Waals surface area contributed by atoms with Crippen LogP contribution in [0.2, 0.25) is 5.02 Å². The number of esters is 1. The lowest BCUT2D eigenvalue weighted by Crippen LogP contribution is -2.31. The van der Waals surface area contributed by atoms with E-state index in [1.807, 2.05) is 0 Å². The molecule has 11 heteroatoms. The largest absolute Gasteiger partial charge is 0.573 e. The van der Waals surface area contributed by atoms with Crippen LogP contribution in [0.1, 0.15) is 24.9 Å². The monoisotopic (exact) mass is 451 g/mol. The van der Waals surface area contributed by atoms with Crippen LogP contribution >= 0.6 is 11.6 Å². The average Bonchev–Trinajstić information content (AvgIpc) is 2.60. The lowest BCUT2D eigenvalue weighted by Gasteiger charge is -2.20. The molecule has 0 unspecified atom stereocenters. The van der Waals surface area contributed by atoms with Crippen LogP contribution in [0.25, 0.3) is 0 Å². The molecule has 1 atom stereocenters. The Hall–Kier alpha value is -2.30. The summed E-state index contributed by atoms with van der Waals surface area (Å²) in [4.78, 5) is 11.6. The predicted molar refractivity (Wildman–Crippen MR) is 98.9 cm³/mol. The van der Waals surface area contributed by atoms with Crippen LogP contribution < -0.4 is 9.46 Å². The van der Waals surface area contributed by atoms with Crippen LogP contribution in [-0.2, 0) is 19.6 Å². The van der Waals surface area contributed by atoms with E-state index in [-0.39, 0.29) is 22.9 Å². The van der Waals surface area contributed by atoms with Crippen molar-refractivity contribution in [3.05, 3.63) is 59.1 Å². The van der Waals surface area contributed by atoms with Gasteiger partial charge in [-0.15, -0.1) is 13.2 Å². The summed E-state index contributed by atoms with van der Waals surface area (Å²) < 4.78 is 73.1. The standard InChI is InChI=1S/C18H17ClF3NO5S/c1-2-27-17(24)11-16(14-5-3-4-6-15(14)19)23-29(25,26)13-9-7-12(8-10-13)28-18(20,21)22/h3-10,16,23H,2,11H2,1H3/t16-/m1/s1. The van der Waals surface area contributed by atoms with Crippen molar-refractivity contribution in [1.82, 2.24) is 4.72 Å². The minimum Gasteiger partial charge on any atom is -0.466 e. The van der Waals surface area contributed by atoms with E-state index in [2.05, 4.69) is 9.46 Å². The Morgan fingerprint density at radius 2 is 1.76 bits per heavy atom. The highest BCUT2D eigenvalue weighted by Crippen LogP contribution is 2.28. The second-order valence-electron chi connectivity index (χ2n) is 5.72. The third-order valence-corrected chi connectivity index (χ3v) is 5.45. The van der Waals surface area contributed by atoms with Crippen molar-refractivity contribution in [2.24, 2.45) is 0 Å². The van der Waals surface area contributed by atoms with Crippen LogP contribution in [0.15, 0.2) is 53.4 Å². The second kappa shape index (κ2) is 9.47. The van der Waals surface area contributed by atoms with Crippen LogP contribution in [0.4, 0.5) is 13.2 Å². The number of benzene rings is 2. The van der Waals surface area contributed by atoms with Gasteiger partial charge in [0.1, 0.15) is 5.75 Å². The molecule has 0 aliphatic heterocycles. The first-order chi connectivity index (χ1) is 13.5. The van der Waals surface area contributed by atoms with Gasteiger partial charge in [0.15, 0.2) is 0 Å². The number of hydrogen-bond donors (Lipinski definition) is 1. The molecular weight excluding hydrogens is 435 g/mol. The van der Waals surface area contributed by atoms with Gasteiger partial charge in [0, 0.05) is 5.02 Å². The van der Waals surface area contributed by atoms with E-state index in [4.69, 9.17) is 16.3 Å². The first kappa shape index (κ1) is 23.0. The van der Waals surface area contributed by atoms with Gasteiger partial charge < -0.3 is 9.47 Å². The number of carbonyl (C=O) groups is 1. The molecular formula is C18H17ClF3NO5S. The molecule has 0 radical (unpaired) electrons. The molecule has 2 aromatic rings. The summed E-state index contributed by atoms with van der Waals surface area (Å²) in [6, 6.07) is 8.96. The van der Waals surface area contributed by atoms with E-state index >= 15 is 0 Å². The van der Waals surface area contributed by atoms with Crippen molar-refractivity contribution >= 4 is 27.6 Å². The Morgan fingerprint density at radius 1 is 1.14 bits per heavy atom. The van der Waals surface area contributed by atoms with E-state index in [0.717, 1.165) is 24.3 Å². The van der Waals surface area contributed by atoms with Gasteiger partial charge in [-0.3, -0.25) is 4.79 Å². The minimum atomic E-state index is -4.90. The van der Waals surface area contributed by atoms with E-state index in [1.165, 1.54) is 6.07 Å². The van der Waals surface area contributed by atoms with E-state index in [1.54, 1.807) is 25.1 Å². The van der Waals surface area contributed by atoms with Crippen molar-refractivity contribution in [1.29, 1.82) is 0 Å². The van der Waals surface area contributed by atoms with Gasteiger partial charge in [-0.25, -0.2) is 13.1 Å². The van der Waals surface area contributed by atoms with Crippen LogP contribution in [0.3, 0.4) is 0 Å². The van der Waals surface area contributed by atoms with Crippen molar-refractivity contribution in [3.8, 4) is 5.75 Å². The molecule has 0 spiro atoms. The third-order valence-electron chi connectivity index (χ3n) is 3.62. The van der Waals surface area contributed by atoms with Crippen molar-refractivity contribution in [2.75, 3.05) is 6.61 Å². The quantitative estimate of drug-likeness (QED) is 0.608. The van der Waals surface area contributed by atoms with Gasteiger partial charge in [0.25, 0.3) is 0 Å². The lowest BCUT2D eigenvalue weighted by molar-refractivity contribution is -0.274. The lowest BCUT2D eigenvalue weighted by atomic mass is 10.1. The zero-order valence-electron chi connectivity index (χ0n) is 15.1. The number of sulfonamides is 1. The summed E-state index contributed by atoms with van der Waals surface area (Å²) in [5, 5.41) is 0.235. The summed E-state index contributed by atoms with van der Waals surface area (Å²) in [7, 11) is -4.20. The molecule has 0 amide bonds. The molecule has 1 N–H and O–H groups in total. The second-order valence-corrected chi connectivity index (χ2v) is 7.84. The fourth-order valence-electron chi connectivity index (χ4n) is 2.44. The fourth-order valence-corrected chi connectivity index (χ4v) is 3.92. The molecule has 29 heavy (non-hydrogen) atoms. The highest BCUT2D eigenvalue weighted by Gasteiger charge is 2.31. The molecule has 2 aromatic carbocycles. The van der Waals surface area contributed by atoms with Gasteiger partial charge in [0.2, 0.25) is 10.0 Å². The molecule has 0 heterocycles. The predicted octanol–water partition coefficient (Wildman–Crippen LogP) is 4.21. The normalized spacial score (nSPS) is 13.0. The summed E-state index contributed by atoms with van der Waals surface area (Å²) in [6.07, 6.45) is -5.22. The third kappa shape index (κ3) is 6.91. The van der Waals surface area contributed by atoms with Crippen molar-refractivity contribution in [3.63, 3.8) is 0 Å². The molecule has 158 valence electrons. The average molecular weight is 452 g/mol. The van der Waals surface area contributed by atoms with Crippen molar-refractivity contribution in [2.45, 2.75) is 30.6 Å². The van der Waals surface area contributed by atoms with Gasteiger partial charge in [-0.05, 0) is 42.8 Å². The Balaban J connectivity index is 2.28. The number of nitrogens with one attached hydrogen (secondary N) is 1. The Kier molecular flexibility index (Phi) is 7.50. The molecule has 0 aromatic heterocycles. The maximum Gasteiger partial charge on any atom is 0.573 e. The smallest absolute Gasteiger partial charge is 0.466 e. The molecule has 0 bridgehead atoms. The Labute approximate surface area is 170 Å². The number of carbonyl (C=O) groups excluding carboxylic acids is 1. The molecule has 0 aliphatic carbocycles. The van der Waals surface area contributed by atoms with Gasteiger partial charge >= 0.3 is 12.3 Å². The van der Waals surface area contributed by atoms with E-state index in [9.17, 15) is 26.4 Å². The van der Waals surface area contributed by atoms with Gasteiger partial charge in [-0.1, -0.05) is 29.8 Å². The molecule has 2 rings (SSSR count). The maximum absolute atomic E-state index is 12.7. The summed E-state index contributed by atoms with van der Waals surface area (Å²) in [5.41, 5.74) is 0.350. The highest BCUT2D eigenvalue weighted by molar-refractivity contribution is 7.89. The first-order valence-corrected chi connectivity index (χ1v) is 10.2. The molecule has 0 fully saturated rings. The molecule has 6 nitrogen and oxygen atoms in total. The highest BCUT2D eigenvalue weighted by atomic mass is 35.5. The summed E-state index contributed by atoms with van der Waals surface area (Å²) >= 11 is 6.13. The van der Waals surface area contributed by atoms with E-state index < -0.39 is 34.1 Å². The van der Waals surface area contributed by atoms with Gasteiger partial charge in [0.05, 0.1) is 24.0 Å². The summed E-state index contributed by atoms with van der Waals surface area (Å²) in [6.45, 7) is 1.72. The summed E-state index contributed by atoms with van der Waals surface area (Å²) in [5.74, 6) is -1.21. The molecule has 0 aliphatic rings. The minimum absolute atomic E-state index is 0.113. The van der Waals surface area contributed by atoms with E-state index in [0.29, 0.717) is 5.56 Å². The SMILES string of the molecule is CCOC(=O)C[C@@H](NS(=O)(=O)c1ccc(OC(F)(F)F)cc1)c1ccccc1Cl. The van der Waals surface area contributed by atoms with Crippen molar-refractivity contribution < 1.29 is 35.9 Å². The Morgan fingerprint density at radius 3 is 2.31 bits per heavy atom. The maximum atomic E-state index is 12.7. The van der Waals surface area contributed by atoms with Crippen LogP contribution in [-0.4, -0.2) is 27.4 Å².